The molecule has 0 aromatic heterocycles. The number of carbonyl (C=O) groups is 1. The molecule has 15 heavy (non-hydrogen) atoms. The van der Waals surface area contributed by atoms with E-state index in [2.05, 4.69) is 10.0 Å². The van der Waals surface area contributed by atoms with E-state index in [1.54, 1.807) is 17.8 Å². The Morgan fingerprint density at radius 1 is 1.67 bits per heavy atom. The minimum atomic E-state index is -0.963. The summed E-state index contributed by atoms with van der Waals surface area (Å²) in [6.45, 7) is 0.353. The van der Waals surface area contributed by atoms with E-state index in [9.17, 15) is 4.79 Å². The smallest absolute Gasteiger partial charge is 0.320 e. The lowest BCUT2D eigenvalue weighted by Gasteiger charge is -2.03. The Morgan fingerprint density at radius 2 is 2.40 bits per heavy atom. The molecule has 0 aromatic carbocycles. The van der Waals surface area contributed by atoms with Crippen LogP contribution in [0.3, 0.4) is 0 Å². The van der Waals surface area contributed by atoms with Gasteiger partial charge in [-0.25, -0.2) is 0 Å². The number of carboxylic acid groups (broad SMARTS) is 1. The summed E-state index contributed by atoms with van der Waals surface area (Å²) >= 11 is 1.59. The van der Waals surface area contributed by atoms with Gasteiger partial charge in [-0.1, -0.05) is 17.3 Å². The molecule has 0 amide bonds. The topological polar surface area (TPSA) is 112 Å². The fourth-order valence-electron chi connectivity index (χ4n) is 0.711. The molecule has 0 aliphatic heterocycles. The first-order valence-electron chi connectivity index (χ1n) is 4.40. The lowest BCUT2D eigenvalue weighted by molar-refractivity contribution is -0.138. The van der Waals surface area contributed by atoms with Crippen LogP contribution in [-0.4, -0.2) is 35.2 Å². The first-order chi connectivity index (χ1) is 7.18. The maximum atomic E-state index is 10.3. The molecule has 0 fully saturated rings. The summed E-state index contributed by atoms with van der Waals surface area (Å²) in [5, 5.41) is 11.8. The van der Waals surface area contributed by atoms with Gasteiger partial charge in [-0.15, -0.1) is 0 Å². The van der Waals surface area contributed by atoms with E-state index in [-0.39, 0.29) is 0 Å². The quantitative estimate of drug-likeness (QED) is 0.216. The van der Waals surface area contributed by atoms with E-state index in [1.807, 2.05) is 6.08 Å². The Morgan fingerprint density at radius 3 is 3.00 bits per heavy atom. The van der Waals surface area contributed by atoms with E-state index >= 15 is 0 Å². The summed E-state index contributed by atoms with van der Waals surface area (Å²) in [7, 11) is 0. The van der Waals surface area contributed by atoms with Crippen molar-refractivity contribution in [1.82, 2.24) is 0 Å². The summed E-state index contributed by atoms with van der Waals surface area (Å²) in [4.78, 5) is 12.9. The fraction of sp³-hybridized carbons (Fsp3) is 0.625. The van der Waals surface area contributed by atoms with E-state index < -0.39 is 12.0 Å². The zero-order chi connectivity index (χ0) is 11.5. The fourth-order valence-corrected chi connectivity index (χ4v) is 1.57. The molecular weight excluding hydrogens is 216 g/mol. The molecule has 0 saturated heterocycles. The number of nitrogens with two attached hydrogens (primary N) is 1. The normalized spacial score (nSPS) is 12.3. The summed E-state index contributed by atoms with van der Waals surface area (Å²) in [5.74, 6) is 0.515. The van der Waals surface area contributed by atoms with Crippen LogP contribution in [-0.2, 0) is 4.79 Å². The second kappa shape index (κ2) is 9.39. The predicted molar refractivity (Wildman–Crippen MR) is 60.7 cm³/mol. The van der Waals surface area contributed by atoms with Crippen LogP contribution >= 0.6 is 11.8 Å². The van der Waals surface area contributed by atoms with Gasteiger partial charge < -0.3 is 10.8 Å². The first-order valence-corrected chi connectivity index (χ1v) is 5.56. The number of hydrogen-bond acceptors (Lipinski definition) is 4. The maximum Gasteiger partial charge on any atom is 0.320 e. The molecule has 7 heteroatoms. The first kappa shape index (κ1) is 13.8. The second-order valence-electron chi connectivity index (χ2n) is 2.69. The zero-order valence-corrected chi connectivity index (χ0v) is 9.06. The maximum absolute atomic E-state index is 10.3. The second-order valence-corrected chi connectivity index (χ2v) is 3.84. The molecule has 0 heterocycles. The van der Waals surface area contributed by atoms with E-state index in [0.29, 0.717) is 18.7 Å². The Labute approximate surface area is 92.2 Å². The van der Waals surface area contributed by atoms with Crippen LogP contribution in [0.25, 0.3) is 10.4 Å². The van der Waals surface area contributed by atoms with Crippen LogP contribution in [0, 0.1) is 0 Å². The Balaban J connectivity index is 3.35. The number of carboxylic acids is 1. The van der Waals surface area contributed by atoms with E-state index in [1.165, 1.54) is 0 Å². The SMILES string of the molecule is [N-]=[N+]=NC/C=C/CSCCC(N)C(=O)O. The number of hydrogen-bond donors (Lipinski definition) is 2. The Bertz CT molecular complexity index is 263. The summed E-state index contributed by atoms with van der Waals surface area (Å²) in [6.07, 6.45) is 4.11. The van der Waals surface area contributed by atoms with Gasteiger partial charge in [0, 0.05) is 17.2 Å². The van der Waals surface area contributed by atoms with Gasteiger partial charge in [-0.05, 0) is 17.7 Å². The molecule has 0 aliphatic carbocycles. The predicted octanol–water partition coefficient (Wildman–Crippen LogP) is 1.39. The van der Waals surface area contributed by atoms with Crippen molar-refractivity contribution >= 4 is 17.7 Å². The van der Waals surface area contributed by atoms with Crippen molar-refractivity contribution < 1.29 is 9.90 Å². The number of azide groups is 1. The van der Waals surface area contributed by atoms with Gasteiger partial charge in [-0.2, -0.15) is 11.8 Å². The highest BCUT2D eigenvalue weighted by Crippen LogP contribution is 2.04. The molecule has 0 radical (unpaired) electrons. The third kappa shape index (κ3) is 9.14. The molecule has 0 aliphatic rings. The van der Waals surface area contributed by atoms with E-state index in [0.717, 1.165) is 5.75 Å². The number of nitrogens with zero attached hydrogens (tertiary/aromatic N) is 3. The van der Waals surface area contributed by atoms with Gasteiger partial charge >= 0.3 is 5.97 Å². The monoisotopic (exact) mass is 230 g/mol. The highest BCUT2D eigenvalue weighted by atomic mass is 32.2. The summed E-state index contributed by atoms with van der Waals surface area (Å²) in [6, 6.07) is -0.773. The van der Waals surface area contributed by atoms with Gasteiger partial charge in [0.05, 0.1) is 0 Å². The highest BCUT2D eigenvalue weighted by Gasteiger charge is 2.09. The molecule has 1 unspecified atom stereocenters. The van der Waals surface area contributed by atoms with Gasteiger partial charge in [0.15, 0.2) is 0 Å². The number of rotatable bonds is 8. The van der Waals surface area contributed by atoms with Gasteiger partial charge in [0.25, 0.3) is 0 Å². The van der Waals surface area contributed by atoms with Crippen molar-refractivity contribution in [2.24, 2.45) is 10.8 Å². The summed E-state index contributed by atoms with van der Waals surface area (Å²) < 4.78 is 0. The minimum absolute atomic E-state index is 0.353. The molecule has 3 N–H and O–H groups in total. The average molecular weight is 230 g/mol. The molecule has 0 saturated carbocycles. The molecule has 0 aromatic rings. The van der Waals surface area contributed by atoms with Crippen LogP contribution in [0.15, 0.2) is 17.3 Å². The highest BCUT2D eigenvalue weighted by molar-refractivity contribution is 7.99. The van der Waals surface area contributed by atoms with Crippen LogP contribution in [0.5, 0.6) is 0 Å². The number of thioether (sulfide) groups is 1. The number of aliphatic carboxylic acids is 1. The third-order valence-electron chi connectivity index (χ3n) is 1.52. The molecule has 84 valence electrons. The van der Waals surface area contributed by atoms with Crippen LogP contribution in [0.4, 0.5) is 0 Å². The molecule has 1 atom stereocenters. The third-order valence-corrected chi connectivity index (χ3v) is 2.47. The van der Waals surface area contributed by atoms with Crippen LogP contribution < -0.4 is 5.73 Å². The largest absolute Gasteiger partial charge is 0.480 e. The van der Waals surface area contributed by atoms with Crippen molar-refractivity contribution in [3.8, 4) is 0 Å². The lowest BCUT2D eigenvalue weighted by Crippen LogP contribution is -2.30. The van der Waals surface area contributed by atoms with Crippen LogP contribution in [0.2, 0.25) is 0 Å². The lowest BCUT2D eigenvalue weighted by atomic mass is 10.2. The van der Waals surface area contributed by atoms with E-state index in [4.69, 9.17) is 16.4 Å². The Hall–Kier alpha value is -1.17. The molecule has 0 bridgehead atoms. The Kier molecular flexibility index (Phi) is 8.66. The average Bonchev–Trinajstić information content (AvgIpc) is 2.21. The minimum Gasteiger partial charge on any atom is -0.480 e. The molecule has 0 rings (SSSR count). The summed E-state index contributed by atoms with van der Waals surface area (Å²) in [5.41, 5.74) is 13.3. The van der Waals surface area contributed by atoms with Crippen molar-refractivity contribution in [1.29, 1.82) is 0 Å². The standard InChI is InChI=1S/C8H14N4O2S/c9-7(8(13)14)3-6-15-5-2-1-4-11-12-10/h1-2,7H,3-6,9H2,(H,13,14)/b2-1+. The zero-order valence-electron chi connectivity index (χ0n) is 8.24. The van der Waals surface area contributed by atoms with Gasteiger partial charge in [-0.3, -0.25) is 4.79 Å². The molecular formula is C8H14N4O2S. The molecule has 0 spiro atoms. The van der Waals surface area contributed by atoms with Crippen molar-refractivity contribution in [2.75, 3.05) is 18.1 Å². The van der Waals surface area contributed by atoms with Gasteiger partial charge in [0.2, 0.25) is 0 Å². The van der Waals surface area contributed by atoms with Crippen molar-refractivity contribution in [3.63, 3.8) is 0 Å². The van der Waals surface area contributed by atoms with Crippen molar-refractivity contribution in [3.05, 3.63) is 22.6 Å². The molecule has 6 nitrogen and oxygen atoms in total. The van der Waals surface area contributed by atoms with Gasteiger partial charge in [0.1, 0.15) is 6.04 Å². The van der Waals surface area contributed by atoms with Crippen molar-refractivity contribution in [2.45, 2.75) is 12.5 Å². The van der Waals surface area contributed by atoms with Crippen LogP contribution in [0.1, 0.15) is 6.42 Å².